The van der Waals surface area contributed by atoms with E-state index >= 15 is 0 Å². The molecular formula is C17H20N4O3. The van der Waals surface area contributed by atoms with Crippen LogP contribution in [0.5, 0.6) is 0 Å². The first kappa shape index (κ1) is 17.4. The van der Waals surface area contributed by atoms with E-state index in [1.165, 1.54) is 18.3 Å². The zero-order valence-electron chi connectivity index (χ0n) is 13.7. The second kappa shape index (κ2) is 8.05. The molecule has 0 radical (unpaired) electrons. The van der Waals surface area contributed by atoms with Gasteiger partial charge in [0.2, 0.25) is 5.91 Å². The zero-order valence-corrected chi connectivity index (χ0v) is 13.7. The normalized spacial score (nSPS) is 11.6. The molecule has 1 N–H and O–H groups in total. The molecule has 0 spiro atoms. The van der Waals surface area contributed by atoms with E-state index < -0.39 is 11.0 Å². The van der Waals surface area contributed by atoms with Gasteiger partial charge in [0.15, 0.2) is 0 Å². The maximum absolute atomic E-state index is 12.8. The van der Waals surface area contributed by atoms with Crippen molar-refractivity contribution in [2.75, 3.05) is 18.4 Å². The summed E-state index contributed by atoms with van der Waals surface area (Å²) in [5, 5.41) is 13.8. The number of amides is 1. The minimum absolute atomic E-state index is 0.0636. The molecule has 1 unspecified atom stereocenters. The van der Waals surface area contributed by atoms with Gasteiger partial charge in [-0.2, -0.15) is 0 Å². The third kappa shape index (κ3) is 4.07. The van der Waals surface area contributed by atoms with Crippen LogP contribution in [0, 0.1) is 10.1 Å². The van der Waals surface area contributed by atoms with E-state index in [2.05, 4.69) is 10.3 Å². The number of carbonyl (C=O) groups excluding carboxylic acids is 1. The number of benzene rings is 1. The molecule has 1 aromatic heterocycles. The summed E-state index contributed by atoms with van der Waals surface area (Å²) in [6, 6.07) is 11.6. The first-order valence-corrected chi connectivity index (χ1v) is 7.77. The van der Waals surface area contributed by atoms with Crippen LogP contribution in [0.15, 0.2) is 48.7 Å². The summed E-state index contributed by atoms with van der Waals surface area (Å²) in [6.07, 6.45) is 1.17. The van der Waals surface area contributed by atoms with Crippen molar-refractivity contribution in [2.45, 2.75) is 19.9 Å². The number of nitrogens with zero attached hydrogens (tertiary/aromatic N) is 3. The fourth-order valence-electron chi connectivity index (χ4n) is 2.38. The number of aromatic nitrogens is 1. The van der Waals surface area contributed by atoms with Crippen molar-refractivity contribution in [3.8, 4) is 0 Å². The Morgan fingerprint density at radius 2 is 1.88 bits per heavy atom. The third-order valence-electron chi connectivity index (χ3n) is 3.71. The number of carbonyl (C=O) groups is 1. The van der Waals surface area contributed by atoms with Gasteiger partial charge in [-0.15, -0.1) is 0 Å². The van der Waals surface area contributed by atoms with Crippen molar-refractivity contribution in [2.24, 2.45) is 0 Å². The molecule has 0 aliphatic carbocycles. The molecule has 0 saturated heterocycles. The lowest BCUT2D eigenvalue weighted by Gasteiger charge is -2.26. The highest BCUT2D eigenvalue weighted by Gasteiger charge is 2.24. The molecule has 1 aromatic carbocycles. The standard InChI is InChI=1S/C17H20N4O3/c1-3-20(4-2)17(22)16(13-8-6-5-7-9-13)19-15-11-10-14(12-18-15)21(23)24/h5-12,16H,3-4H2,1-2H3,(H,18,19). The number of nitro groups is 1. The van der Waals surface area contributed by atoms with E-state index in [-0.39, 0.29) is 11.6 Å². The van der Waals surface area contributed by atoms with Crippen molar-refractivity contribution in [1.82, 2.24) is 9.88 Å². The summed E-state index contributed by atoms with van der Waals surface area (Å²) < 4.78 is 0. The van der Waals surface area contributed by atoms with Gasteiger partial charge in [0, 0.05) is 19.2 Å². The van der Waals surface area contributed by atoms with Crippen LogP contribution in [0.1, 0.15) is 25.5 Å². The van der Waals surface area contributed by atoms with Crippen LogP contribution in [-0.4, -0.2) is 33.8 Å². The maximum Gasteiger partial charge on any atom is 0.287 e. The van der Waals surface area contributed by atoms with Gasteiger partial charge in [-0.25, -0.2) is 4.98 Å². The first-order chi connectivity index (χ1) is 11.6. The van der Waals surface area contributed by atoms with Crippen molar-refractivity contribution < 1.29 is 9.72 Å². The summed E-state index contributed by atoms with van der Waals surface area (Å²) in [5.41, 5.74) is 0.724. The van der Waals surface area contributed by atoms with Crippen LogP contribution in [-0.2, 0) is 4.79 Å². The fraction of sp³-hybridized carbons (Fsp3) is 0.294. The Kier molecular flexibility index (Phi) is 5.83. The van der Waals surface area contributed by atoms with Gasteiger partial charge in [-0.1, -0.05) is 30.3 Å². The molecule has 0 aliphatic heterocycles. The Morgan fingerprint density at radius 3 is 2.38 bits per heavy atom. The molecule has 0 aliphatic rings. The quantitative estimate of drug-likeness (QED) is 0.623. The molecule has 0 saturated carbocycles. The van der Waals surface area contributed by atoms with Crippen molar-refractivity contribution in [3.05, 3.63) is 64.3 Å². The van der Waals surface area contributed by atoms with Gasteiger partial charge in [0.25, 0.3) is 5.69 Å². The average Bonchev–Trinajstić information content (AvgIpc) is 2.61. The monoisotopic (exact) mass is 328 g/mol. The minimum Gasteiger partial charge on any atom is -0.355 e. The highest BCUT2D eigenvalue weighted by atomic mass is 16.6. The van der Waals surface area contributed by atoms with Crippen LogP contribution in [0.25, 0.3) is 0 Å². The molecule has 1 amide bonds. The summed E-state index contributed by atoms with van der Waals surface area (Å²) in [5.74, 6) is 0.348. The van der Waals surface area contributed by atoms with Gasteiger partial charge in [-0.05, 0) is 25.5 Å². The van der Waals surface area contributed by atoms with Gasteiger partial charge in [-0.3, -0.25) is 14.9 Å². The molecule has 1 atom stereocenters. The van der Waals surface area contributed by atoms with Crippen LogP contribution < -0.4 is 5.32 Å². The summed E-state index contributed by atoms with van der Waals surface area (Å²) >= 11 is 0. The number of nitrogens with one attached hydrogen (secondary N) is 1. The Labute approximate surface area is 140 Å². The molecule has 24 heavy (non-hydrogen) atoms. The Balaban J connectivity index is 2.29. The van der Waals surface area contributed by atoms with Gasteiger partial charge >= 0.3 is 0 Å². The minimum atomic E-state index is -0.597. The molecule has 1 heterocycles. The third-order valence-corrected chi connectivity index (χ3v) is 3.71. The van der Waals surface area contributed by atoms with E-state index in [0.29, 0.717) is 18.9 Å². The SMILES string of the molecule is CCN(CC)C(=O)C(Nc1ccc([N+](=O)[O-])cn1)c1ccccc1. The summed E-state index contributed by atoms with van der Waals surface area (Å²) in [6.45, 7) is 5.06. The van der Waals surface area contributed by atoms with Gasteiger partial charge < -0.3 is 10.2 Å². The number of anilines is 1. The molecule has 126 valence electrons. The van der Waals surface area contributed by atoms with E-state index in [1.54, 1.807) is 4.90 Å². The first-order valence-electron chi connectivity index (χ1n) is 7.77. The Hall–Kier alpha value is -2.96. The highest BCUT2D eigenvalue weighted by Crippen LogP contribution is 2.22. The maximum atomic E-state index is 12.8. The molecule has 2 aromatic rings. The molecule has 7 nitrogen and oxygen atoms in total. The lowest BCUT2D eigenvalue weighted by molar-refractivity contribution is -0.385. The van der Waals surface area contributed by atoms with E-state index in [9.17, 15) is 14.9 Å². The average molecular weight is 328 g/mol. The number of hydrogen-bond acceptors (Lipinski definition) is 5. The summed E-state index contributed by atoms with van der Waals surface area (Å²) in [4.78, 5) is 28.8. The largest absolute Gasteiger partial charge is 0.355 e. The number of hydrogen-bond donors (Lipinski definition) is 1. The predicted octanol–water partition coefficient (Wildman–Crippen LogP) is 3.01. The second-order valence-corrected chi connectivity index (χ2v) is 5.16. The predicted molar refractivity (Wildman–Crippen MR) is 91.6 cm³/mol. The van der Waals surface area contributed by atoms with Gasteiger partial charge in [0.1, 0.15) is 18.1 Å². The number of likely N-dealkylation sites (N-methyl/N-ethyl adjacent to an activating group) is 1. The van der Waals surface area contributed by atoms with Crippen molar-refractivity contribution in [3.63, 3.8) is 0 Å². The van der Waals surface area contributed by atoms with Crippen molar-refractivity contribution >= 4 is 17.4 Å². The molecular weight excluding hydrogens is 308 g/mol. The zero-order chi connectivity index (χ0) is 17.5. The van der Waals surface area contributed by atoms with Crippen LogP contribution in [0.3, 0.4) is 0 Å². The van der Waals surface area contributed by atoms with E-state index in [1.807, 2.05) is 44.2 Å². The van der Waals surface area contributed by atoms with Gasteiger partial charge in [0.05, 0.1) is 4.92 Å². The number of pyridine rings is 1. The topological polar surface area (TPSA) is 88.4 Å². The van der Waals surface area contributed by atoms with E-state index in [4.69, 9.17) is 0 Å². The van der Waals surface area contributed by atoms with Crippen molar-refractivity contribution in [1.29, 1.82) is 0 Å². The number of rotatable bonds is 7. The second-order valence-electron chi connectivity index (χ2n) is 5.16. The van der Waals surface area contributed by atoms with Crippen LogP contribution in [0.4, 0.5) is 11.5 Å². The smallest absolute Gasteiger partial charge is 0.287 e. The lowest BCUT2D eigenvalue weighted by Crippen LogP contribution is -2.37. The Morgan fingerprint density at radius 1 is 1.21 bits per heavy atom. The molecule has 7 heteroatoms. The lowest BCUT2D eigenvalue weighted by atomic mass is 10.1. The van der Waals surface area contributed by atoms with Crippen LogP contribution in [0.2, 0.25) is 0 Å². The van der Waals surface area contributed by atoms with E-state index in [0.717, 1.165) is 5.56 Å². The summed E-state index contributed by atoms with van der Waals surface area (Å²) in [7, 11) is 0. The molecule has 2 rings (SSSR count). The Bertz CT molecular complexity index is 685. The van der Waals surface area contributed by atoms with Crippen LogP contribution >= 0.6 is 0 Å². The molecule has 0 bridgehead atoms. The highest BCUT2D eigenvalue weighted by molar-refractivity contribution is 5.85. The molecule has 0 fully saturated rings. The fourth-order valence-corrected chi connectivity index (χ4v) is 2.38.